The molecule has 2 heterocycles. The van der Waals surface area contributed by atoms with E-state index in [2.05, 4.69) is 15.5 Å². The number of aromatic amines is 1. The number of aliphatic hydroxyl groups excluding tert-OH is 1. The maximum atomic E-state index is 10.6. The van der Waals surface area contributed by atoms with E-state index < -0.39 is 0 Å². The Bertz CT molecular complexity index is 1030. The second kappa shape index (κ2) is 11.2. The molecule has 8 heteroatoms. The molecule has 0 saturated carbocycles. The molecule has 0 amide bonds. The van der Waals surface area contributed by atoms with Crippen LogP contribution in [0.25, 0.3) is 11.1 Å². The zero-order valence-corrected chi connectivity index (χ0v) is 18.6. The van der Waals surface area contributed by atoms with E-state index in [1.807, 2.05) is 50.4 Å². The average molecular weight is 440 g/mol. The first kappa shape index (κ1) is 23.1. The number of carbonyl (C=O) groups is 1. The van der Waals surface area contributed by atoms with Crippen molar-refractivity contribution in [3.63, 3.8) is 0 Å². The number of hydrogen-bond acceptors (Lipinski definition) is 7. The van der Waals surface area contributed by atoms with Gasteiger partial charge in [-0.25, -0.2) is 0 Å². The van der Waals surface area contributed by atoms with Crippen LogP contribution in [0, 0.1) is 12.8 Å². The van der Waals surface area contributed by atoms with Crippen molar-refractivity contribution in [1.29, 1.82) is 0 Å². The molecule has 4 rings (SSSR count). The molecule has 0 saturated heterocycles. The Hall–Kier alpha value is -3.52. The van der Waals surface area contributed by atoms with Crippen LogP contribution in [0.15, 0.2) is 42.6 Å². The van der Waals surface area contributed by atoms with E-state index in [4.69, 9.17) is 19.3 Å². The number of carbonyl (C=O) groups excluding carboxylic acids is 1. The number of rotatable bonds is 7. The second-order valence-corrected chi connectivity index (χ2v) is 7.33. The fraction of sp³-hybridized carbons (Fsp3) is 0.333. The minimum Gasteiger partial charge on any atom is -0.497 e. The number of H-pyrrole nitrogens is 1. The monoisotopic (exact) mass is 439 g/mol. The van der Waals surface area contributed by atoms with Crippen molar-refractivity contribution in [3.05, 3.63) is 53.9 Å². The standard InChI is InChI=1S/C13H17N3O2.C11H12O3/c1-9-11(8-15-16-9)10-3-4-12(14-2)13(7-10)18-6-5-17;1-13-10-2-3-11-9(5-10)4-8(6-12)7-14-11/h3-4,7-8,14,17H,5-6H2,1-2H3,(H,15,16);2-3,5-6,8H,4,7H2,1H3. The number of aromatic nitrogens is 2. The molecule has 1 aliphatic rings. The molecule has 0 radical (unpaired) electrons. The Morgan fingerprint density at radius 3 is 2.81 bits per heavy atom. The lowest BCUT2D eigenvalue weighted by atomic mass is 9.98. The van der Waals surface area contributed by atoms with Crippen molar-refractivity contribution >= 4 is 12.0 Å². The van der Waals surface area contributed by atoms with Crippen LogP contribution in [0.4, 0.5) is 5.69 Å². The van der Waals surface area contributed by atoms with E-state index in [-0.39, 0.29) is 19.1 Å². The number of aldehydes is 1. The summed E-state index contributed by atoms with van der Waals surface area (Å²) in [4.78, 5) is 10.6. The SMILES string of the molecule is CNc1ccc(-c2cn[nH]c2C)cc1OCCO.COc1ccc2c(c1)CC(C=O)CO2. The predicted octanol–water partition coefficient (Wildman–Crippen LogP) is 3.24. The number of methoxy groups -OCH3 is 1. The maximum Gasteiger partial charge on any atom is 0.143 e. The summed E-state index contributed by atoms with van der Waals surface area (Å²) in [6.07, 6.45) is 3.48. The van der Waals surface area contributed by atoms with Gasteiger partial charge in [-0.05, 0) is 54.8 Å². The van der Waals surface area contributed by atoms with E-state index in [1.54, 1.807) is 13.3 Å². The molecule has 1 atom stereocenters. The lowest BCUT2D eigenvalue weighted by Gasteiger charge is -2.21. The van der Waals surface area contributed by atoms with Crippen LogP contribution < -0.4 is 19.5 Å². The zero-order valence-electron chi connectivity index (χ0n) is 18.6. The number of ether oxygens (including phenoxy) is 3. The molecule has 32 heavy (non-hydrogen) atoms. The van der Waals surface area contributed by atoms with Gasteiger partial charge in [0.2, 0.25) is 0 Å². The van der Waals surface area contributed by atoms with Gasteiger partial charge in [-0.3, -0.25) is 5.10 Å². The molecule has 0 aliphatic carbocycles. The highest BCUT2D eigenvalue weighted by molar-refractivity contribution is 5.71. The van der Waals surface area contributed by atoms with Crippen molar-refractivity contribution in [3.8, 4) is 28.4 Å². The normalized spacial score (nSPS) is 14.3. The molecule has 8 nitrogen and oxygen atoms in total. The van der Waals surface area contributed by atoms with Crippen molar-refractivity contribution < 1.29 is 24.1 Å². The van der Waals surface area contributed by atoms with Crippen LogP contribution in [0.2, 0.25) is 0 Å². The molecule has 1 aliphatic heterocycles. The molecule has 0 spiro atoms. The van der Waals surface area contributed by atoms with E-state index in [1.165, 1.54) is 0 Å². The molecular weight excluding hydrogens is 410 g/mol. The number of aliphatic hydroxyl groups is 1. The van der Waals surface area contributed by atoms with Gasteiger partial charge >= 0.3 is 0 Å². The van der Waals surface area contributed by atoms with Gasteiger partial charge in [0, 0.05) is 18.3 Å². The molecule has 0 bridgehead atoms. The van der Waals surface area contributed by atoms with Gasteiger partial charge in [0.05, 0.1) is 38.1 Å². The lowest BCUT2D eigenvalue weighted by molar-refractivity contribution is -0.112. The van der Waals surface area contributed by atoms with Gasteiger partial charge in [0.25, 0.3) is 0 Å². The molecule has 170 valence electrons. The van der Waals surface area contributed by atoms with Crippen LogP contribution in [0.3, 0.4) is 0 Å². The first-order chi connectivity index (χ1) is 15.6. The zero-order chi connectivity index (χ0) is 22.9. The lowest BCUT2D eigenvalue weighted by Crippen LogP contribution is -2.21. The van der Waals surface area contributed by atoms with Crippen LogP contribution in [0.1, 0.15) is 11.3 Å². The molecule has 1 unspecified atom stereocenters. The van der Waals surface area contributed by atoms with Crippen LogP contribution in [-0.4, -0.2) is 55.6 Å². The third-order valence-electron chi connectivity index (χ3n) is 5.14. The molecular formula is C24H29N3O5. The first-order valence-corrected chi connectivity index (χ1v) is 10.4. The van der Waals surface area contributed by atoms with Gasteiger partial charge in [-0.1, -0.05) is 6.07 Å². The predicted molar refractivity (Wildman–Crippen MR) is 123 cm³/mol. The summed E-state index contributed by atoms with van der Waals surface area (Å²) in [5, 5.41) is 18.8. The Morgan fingerprint density at radius 2 is 2.16 bits per heavy atom. The van der Waals surface area contributed by atoms with Crippen molar-refractivity contribution in [2.24, 2.45) is 5.92 Å². The number of fused-ring (bicyclic) bond motifs is 1. The van der Waals surface area contributed by atoms with Crippen LogP contribution >= 0.6 is 0 Å². The van der Waals surface area contributed by atoms with Gasteiger partial charge in [-0.15, -0.1) is 0 Å². The molecule has 2 aromatic carbocycles. The van der Waals surface area contributed by atoms with Gasteiger partial charge < -0.3 is 29.4 Å². The first-order valence-electron chi connectivity index (χ1n) is 10.4. The summed E-state index contributed by atoms with van der Waals surface area (Å²) >= 11 is 0. The smallest absolute Gasteiger partial charge is 0.143 e. The summed E-state index contributed by atoms with van der Waals surface area (Å²) in [5.41, 5.74) is 5.04. The summed E-state index contributed by atoms with van der Waals surface area (Å²) in [5.74, 6) is 2.38. The number of anilines is 1. The Labute approximate surface area is 187 Å². The topological polar surface area (TPSA) is 106 Å². The van der Waals surface area contributed by atoms with E-state index in [0.717, 1.165) is 58.0 Å². The molecule has 3 aromatic rings. The van der Waals surface area contributed by atoms with Gasteiger partial charge in [0.15, 0.2) is 0 Å². The highest BCUT2D eigenvalue weighted by Crippen LogP contribution is 2.32. The Kier molecular flexibility index (Phi) is 8.10. The van der Waals surface area contributed by atoms with Crippen LogP contribution in [-0.2, 0) is 11.2 Å². The van der Waals surface area contributed by atoms with Crippen molar-refractivity contribution in [1.82, 2.24) is 10.2 Å². The average Bonchev–Trinajstić information content (AvgIpc) is 3.27. The highest BCUT2D eigenvalue weighted by Gasteiger charge is 2.19. The van der Waals surface area contributed by atoms with Crippen molar-refractivity contribution in [2.45, 2.75) is 13.3 Å². The van der Waals surface area contributed by atoms with E-state index in [9.17, 15) is 4.79 Å². The minimum atomic E-state index is -0.0189. The fourth-order valence-corrected chi connectivity index (χ4v) is 3.42. The fourth-order valence-electron chi connectivity index (χ4n) is 3.42. The van der Waals surface area contributed by atoms with E-state index in [0.29, 0.717) is 6.61 Å². The second-order valence-electron chi connectivity index (χ2n) is 7.33. The number of hydrogen-bond donors (Lipinski definition) is 3. The van der Waals surface area contributed by atoms with Crippen molar-refractivity contribution in [2.75, 3.05) is 39.3 Å². The molecule has 1 aromatic heterocycles. The van der Waals surface area contributed by atoms with E-state index >= 15 is 0 Å². The number of nitrogens with one attached hydrogen (secondary N) is 2. The van der Waals surface area contributed by atoms with Gasteiger partial charge in [-0.2, -0.15) is 5.10 Å². The minimum absolute atomic E-state index is 0.00187. The number of aryl methyl sites for hydroxylation is 1. The largest absolute Gasteiger partial charge is 0.497 e. The third-order valence-corrected chi connectivity index (χ3v) is 5.14. The molecule has 3 N–H and O–H groups in total. The van der Waals surface area contributed by atoms with Gasteiger partial charge in [0.1, 0.15) is 30.1 Å². The Morgan fingerprint density at radius 1 is 1.31 bits per heavy atom. The Balaban J connectivity index is 0.000000186. The summed E-state index contributed by atoms with van der Waals surface area (Å²) in [7, 11) is 3.46. The quantitative estimate of drug-likeness (QED) is 0.485. The van der Waals surface area contributed by atoms with Crippen LogP contribution in [0.5, 0.6) is 17.2 Å². The summed E-state index contributed by atoms with van der Waals surface area (Å²) in [6.45, 7) is 2.74. The number of nitrogens with zero attached hydrogens (tertiary/aromatic N) is 1. The maximum absolute atomic E-state index is 10.6. The molecule has 0 fully saturated rings. The number of benzene rings is 2. The summed E-state index contributed by atoms with van der Waals surface area (Å²) in [6, 6.07) is 11.6. The third kappa shape index (κ3) is 5.59. The highest BCUT2D eigenvalue weighted by atomic mass is 16.5. The summed E-state index contributed by atoms with van der Waals surface area (Å²) < 4.78 is 16.1.